The van der Waals surface area contributed by atoms with Crippen molar-refractivity contribution in [2.45, 2.75) is 26.2 Å². The summed E-state index contributed by atoms with van der Waals surface area (Å²) in [6.45, 7) is 5.89. The highest BCUT2D eigenvalue weighted by Crippen LogP contribution is 2.36. The van der Waals surface area contributed by atoms with Gasteiger partial charge in [-0.1, -0.05) is 19.0 Å². The largest absolute Gasteiger partial charge is 0.334 e. The number of carbonyl (C=O) groups is 1. The number of nitrogens with zero attached hydrogens (tertiary/aromatic N) is 4. The van der Waals surface area contributed by atoms with Crippen LogP contribution in [-0.2, 0) is 5.41 Å². The van der Waals surface area contributed by atoms with E-state index in [0.717, 1.165) is 17.7 Å². The van der Waals surface area contributed by atoms with Crippen molar-refractivity contribution >= 4 is 11.5 Å². The second-order valence-electron chi connectivity index (χ2n) is 7.29. The molecule has 4 rings (SSSR count). The Morgan fingerprint density at radius 2 is 2.07 bits per heavy atom. The van der Waals surface area contributed by atoms with E-state index in [1.54, 1.807) is 19.3 Å². The van der Waals surface area contributed by atoms with Crippen molar-refractivity contribution in [2.75, 3.05) is 6.54 Å². The number of aromatic amines is 1. The van der Waals surface area contributed by atoms with Gasteiger partial charge in [-0.2, -0.15) is 10.1 Å². The molecule has 144 valence electrons. The Labute approximate surface area is 159 Å². The molecule has 0 bridgehead atoms. The highest BCUT2D eigenvalue weighted by molar-refractivity contribution is 5.96. The van der Waals surface area contributed by atoms with E-state index < -0.39 is 23.0 Å². The number of fused-ring (bicyclic) bond motifs is 1. The molecule has 0 saturated carbocycles. The molecular weight excluding hydrogens is 368 g/mol. The number of amides is 1. The van der Waals surface area contributed by atoms with Crippen LogP contribution < -0.4 is 0 Å². The van der Waals surface area contributed by atoms with Gasteiger partial charge in [-0.05, 0) is 25.1 Å². The predicted molar refractivity (Wildman–Crippen MR) is 95.1 cm³/mol. The van der Waals surface area contributed by atoms with Gasteiger partial charge >= 0.3 is 0 Å². The van der Waals surface area contributed by atoms with Gasteiger partial charge in [-0.15, -0.1) is 0 Å². The molecule has 0 aliphatic carbocycles. The van der Waals surface area contributed by atoms with E-state index in [4.69, 9.17) is 4.52 Å². The minimum Gasteiger partial charge on any atom is -0.334 e. The van der Waals surface area contributed by atoms with Gasteiger partial charge in [-0.25, -0.2) is 8.78 Å². The van der Waals surface area contributed by atoms with Gasteiger partial charge in [0.15, 0.2) is 17.5 Å². The molecule has 7 nitrogen and oxygen atoms in total. The SMILES string of the molecule is Cc1noc(C2=CN(C(=O)c3ccc(F)c(F)c3)CC(C)(C)c3cn[nH]c32)n1. The Kier molecular flexibility index (Phi) is 4.10. The highest BCUT2D eigenvalue weighted by Gasteiger charge is 2.35. The lowest BCUT2D eigenvalue weighted by Gasteiger charge is -2.28. The van der Waals surface area contributed by atoms with Gasteiger partial charge in [0.2, 0.25) is 0 Å². The fourth-order valence-corrected chi connectivity index (χ4v) is 3.28. The van der Waals surface area contributed by atoms with Crippen LogP contribution in [0.4, 0.5) is 8.78 Å². The number of rotatable bonds is 2. The van der Waals surface area contributed by atoms with E-state index in [9.17, 15) is 13.6 Å². The average molecular weight is 385 g/mol. The number of benzene rings is 1. The molecule has 1 amide bonds. The van der Waals surface area contributed by atoms with E-state index >= 15 is 0 Å². The summed E-state index contributed by atoms with van der Waals surface area (Å²) in [5.74, 6) is -1.89. The summed E-state index contributed by atoms with van der Waals surface area (Å²) < 4.78 is 32.2. The third kappa shape index (κ3) is 2.98. The van der Waals surface area contributed by atoms with Crippen molar-refractivity contribution in [1.82, 2.24) is 25.2 Å². The minimum atomic E-state index is -1.08. The maximum absolute atomic E-state index is 13.6. The zero-order chi connectivity index (χ0) is 20.1. The Bertz CT molecular complexity index is 1100. The standard InChI is InChI=1S/C19H17F2N5O2/c1-10-23-17(28-25-10)12-8-26(9-19(2,3)13-7-22-24-16(12)13)18(27)11-4-5-14(20)15(21)6-11/h4-8H,9H2,1-3H3,(H,22,24). The van der Waals surface area contributed by atoms with Crippen molar-refractivity contribution in [3.63, 3.8) is 0 Å². The molecular formula is C19H17F2N5O2. The number of carbonyl (C=O) groups excluding carboxylic acids is 1. The minimum absolute atomic E-state index is 0.0377. The van der Waals surface area contributed by atoms with E-state index in [2.05, 4.69) is 20.3 Å². The zero-order valence-electron chi connectivity index (χ0n) is 15.5. The molecule has 2 aromatic heterocycles. The molecule has 3 heterocycles. The van der Waals surface area contributed by atoms with Crippen LogP contribution in [0.1, 0.15) is 47.2 Å². The summed E-state index contributed by atoms with van der Waals surface area (Å²) in [5.41, 5.74) is 1.58. The third-order valence-electron chi connectivity index (χ3n) is 4.67. The molecule has 0 fully saturated rings. The maximum Gasteiger partial charge on any atom is 0.261 e. The molecule has 0 saturated heterocycles. The lowest BCUT2D eigenvalue weighted by Crippen LogP contribution is -2.36. The van der Waals surface area contributed by atoms with Gasteiger partial charge in [0.05, 0.1) is 17.5 Å². The first-order chi connectivity index (χ1) is 13.3. The summed E-state index contributed by atoms with van der Waals surface area (Å²) in [6.07, 6.45) is 3.26. The highest BCUT2D eigenvalue weighted by atomic mass is 19.2. The monoisotopic (exact) mass is 385 g/mol. The van der Waals surface area contributed by atoms with Crippen LogP contribution in [-0.4, -0.2) is 37.7 Å². The summed E-state index contributed by atoms with van der Waals surface area (Å²) in [6, 6.07) is 3.08. The van der Waals surface area contributed by atoms with Gasteiger partial charge in [0.25, 0.3) is 11.8 Å². The lowest BCUT2D eigenvalue weighted by molar-refractivity contribution is 0.0800. The van der Waals surface area contributed by atoms with Crippen molar-refractivity contribution < 1.29 is 18.1 Å². The summed E-state index contributed by atoms with van der Waals surface area (Å²) >= 11 is 0. The first kappa shape index (κ1) is 18.0. The van der Waals surface area contributed by atoms with Crippen LogP contribution in [0.15, 0.2) is 35.1 Å². The smallest absolute Gasteiger partial charge is 0.261 e. The average Bonchev–Trinajstić information content (AvgIpc) is 3.28. The fraction of sp³-hybridized carbons (Fsp3) is 0.263. The van der Waals surface area contributed by atoms with E-state index in [0.29, 0.717) is 17.1 Å². The maximum atomic E-state index is 13.6. The number of hydrogen-bond acceptors (Lipinski definition) is 5. The van der Waals surface area contributed by atoms with Gasteiger partial charge in [-0.3, -0.25) is 9.89 Å². The molecule has 28 heavy (non-hydrogen) atoms. The molecule has 9 heteroatoms. The number of aromatic nitrogens is 4. The topological polar surface area (TPSA) is 87.9 Å². The molecule has 1 aliphatic heterocycles. The Morgan fingerprint density at radius 3 is 2.75 bits per heavy atom. The van der Waals surface area contributed by atoms with Crippen LogP contribution >= 0.6 is 0 Å². The first-order valence-electron chi connectivity index (χ1n) is 8.59. The van der Waals surface area contributed by atoms with Crippen molar-refractivity contribution in [3.8, 4) is 0 Å². The van der Waals surface area contributed by atoms with Crippen LogP contribution in [0.3, 0.4) is 0 Å². The number of nitrogens with one attached hydrogen (secondary N) is 1. The van der Waals surface area contributed by atoms with Crippen LogP contribution in [0.2, 0.25) is 0 Å². The second-order valence-corrected chi connectivity index (χ2v) is 7.29. The molecule has 1 aliphatic rings. The molecule has 1 N–H and O–H groups in total. The molecule has 0 radical (unpaired) electrons. The summed E-state index contributed by atoms with van der Waals surface area (Å²) in [4.78, 5) is 18.8. The summed E-state index contributed by atoms with van der Waals surface area (Å²) in [5, 5.41) is 10.9. The number of halogens is 2. The van der Waals surface area contributed by atoms with Gasteiger partial charge in [0, 0.05) is 29.3 Å². The van der Waals surface area contributed by atoms with E-state index in [-0.39, 0.29) is 18.0 Å². The fourth-order valence-electron chi connectivity index (χ4n) is 3.28. The number of aryl methyl sites for hydroxylation is 1. The van der Waals surface area contributed by atoms with Crippen LogP contribution in [0, 0.1) is 18.6 Å². The Balaban J connectivity index is 1.84. The second kappa shape index (κ2) is 6.36. The van der Waals surface area contributed by atoms with Crippen LogP contribution in [0.5, 0.6) is 0 Å². The zero-order valence-corrected chi connectivity index (χ0v) is 15.5. The third-order valence-corrected chi connectivity index (χ3v) is 4.67. The number of hydrogen-bond donors (Lipinski definition) is 1. The van der Waals surface area contributed by atoms with Crippen molar-refractivity contribution in [3.05, 3.63) is 70.8 Å². The van der Waals surface area contributed by atoms with Crippen molar-refractivity contribution in [2.24, 2.45) is 0 Å². The quantitative estimate of drug-likeness (QED) is 0.732. The van der Waals surface area contributed by atoms with E-state index in [1.807, 2.05) is 13.8 Å². The molecule has 0 atom stereocenters. The lowest BCUT2D eigenvalue weighted by atomic mass is 9.84. The molecule has 0 spiro atoms. The first-order valence-corrected chi connectivity index (χ1v) is 8.59. The molecule has 0 unspecified atom stereocenters. The Hall–Kier alpha value is -3.36. The van der Waals surface area contributed by atoms with Gasteiger partial charge < -0.3 is 9.42 Å². The van der Waals surface area contributed by atoms with Crippen molar-refractivity contribution in [1.29, 1.82) is 0 Å². The predicted octanol–water partition coefficient (Wildman–Crippen LogP) is 3.20. The molecule has 1 aromatic carbocycles. The van der Waals surface area contributed by atoms with E-state index in [1.165, 1.54) is 11.0 Å². The molecule has 3 aromatic rings. The normalized spacial score (nSPS) is 15.8. The summed E-state index contributed by atoms with van der Waals surface area (Å²) in [7, 11) is 0. The Morgan fingerprint density at radius 1 is 1.29 bits per heavy atom. The van der Waals surface area contributed by atoms with Crippen LogP contribution in [0.25, 0.3) is 5.57 Å². The van der Waals surface area contributed by atoms with Gasteiger partial charge in [0.1, 0.15) is 0 Å². The number of H-pyrrole nitrogens is 1.